The smallest absolute Gasteiger partial charge is 0.248 e. The van der Waals surface area contributed by atoms with E-state index in [4.69, 9.17) is 5.84 Å². The Morgan fingerprint density at radius 2 is 2.50 bits per heavy atom. The van der Waals surface area contributed by atoms with E-state index in [0.29, 0.717) is 0 Å². The third kappa shape index (κ3) is 1.53. The molecule has 1 aliphatic rings. The summed E-state index contributed by atoms with van der Waals surface area (Å²) in [5.41, 5.74) is 2.11. The van der Waals surface area contributed by atoms with Gasteiger partial charge in [0.2, 0.25) is 5.91 Å². The van der Waals surface area contributed by atoms with Crippen LogP contribution in [0.3, 0.4) is 0 Å². The number of carbonyl (C=O) groups excluding carboxylic acids is 1. The number of thioether (sulfide) groups is 1. The van der Waals surface area contributed by atoms with Crippen molar-refractivity contribution in [3.05, 3.63) is 11.5 Å². The number of halogens is 1. The van der Waals surface area contributed by atoms with Gasteiger partial charge < -0.3 is 0 Å². The van der Waals surface area contributed by atoms with Gasteiger partial charge in [-0.1, -0.05) is 22.0 Å². The standard InChI is InChI=1S/C5H7BrN2OS/c6-3-1-2-10-4(3)5(9)8-7/h1-4H,7H2,(H,8,9). The summed E-state index contributed by atoms with van der Waals surface area (Å²) in [6, 6.07) is 0. The molecule has 1 amide bonds. The molecular weight excluding hydrogens is 216 g/mol. The number of hydrogen-bond donors (Lipinski definition) is 2. The topological polar surface area (TPSA) is 55.1 Å². The van der Waals surface area contributed by atoms with Crippen molar-refractivity contribution in [2.45, 2.75) is 10.1 Å². The minimum atomic E-state index is -0.142. The van der Waals surface area contributed by atoms with Gasteiger partial charge in [-0.25, -0.2) is 5.84 Å². The van der Waals surface area contributed by atoms with Crippen molar-refractivity contribution in [2.75, 3.05) is 0 Å². The van der Waals surface area contributed by atoms with Crippen LogP contribution in [0.5, 0.6) is 0 Å². The molecule has 0 saturated heterocycles. The van der Waals surface area contributed by atoms with Gasteiger partial charge in [0.05, 0.1) is 4.83 Å². The average molecular weight is 223 g/mol. The zero-order valence-corrected chi connectivity index (χ0v) is 7.48. The quantitative estimate of drug-likeness (QED) is 0.292. The molecule has 0 fully saturated rings. The minimum Gasteiger partial charge on any atom is -0.293 e. The van der Waals surface area contributed by atoms with E-state index in [9.17, 15) is 4.79 Å². The first-order valence-electron chi connectivity index (χ1n) is 2.72. The molecule has 0 spiro atoms. The third-order valence-electron chi connectivity index (χ3n) is 1.18. The highest BCUT2D eigenvalue weighted by Crippen LogP contribution is 2.29. The van der Waals surface area contributed by atoms with Crippen LogP contribution >= 0.6 is 27.7 Å². The summed E-state index contributed by atoms with van der Waals surface area (Å²) in [5, 5.41) is 1.78. The van der Waals surface area contributed by atoms with Crippen LogP contribution in [-0.2, 0) is 4.79 Å². The van der Waals surface area contributed by atoms with Crippen LogP contribution < -0.4 is 11.3 Å². The summed E-state index contributed by atoms with van der Waals surface area (Å²) in [4.78, 5) is 11.0. The van der Waals surface area contributed by atoms with Crippen LogP contribution in [0.2, 0.25) is 0 Å². The first kappa shape index (κ1) is 8.10. The number of rotatable bonds is 1. The number of nitrogens with two attached hydrogens (primary N) is 1. The monoisotopic (exact) mass is 222 g/mol. The SMILES string of the molecule is NNC(=O)C1SC=CC1Br. The molecule has 0 aromatic rings. The number of nitrogens with one attached hydrogen (secondary N) is 1. The van der Waals surface area contributed by atoms with Gasteiger partial charge in [0.15, 0.2) is 0 Å². The van der Waals surface area contributed by atoms with E-state index in [1.165, 1.54) is 11.8 Å². The minimum absolute atomic E-state index is 0.106. The number of amides is 1. The normalized spacial score (nSPS) is 30.6. The summed E-state index contributed by atoms with van der Waals surface area (Å²) < 4.78 is 0. The fraction of sp³-hybridized carbons (Fsp3) is 0.400. The van der Waals surface area contributed by atoms with E-state index in [0.717, 1.165) is 0 Å². The van der Waals surface area contributed by atoms with E-state index < -0.39 is 0 Å². The summed E-state index contributed by atoms with van der Waals surface area (Å²) in [6.45, 7) is 0. The summed E-state index contributed by atoms with van der Waals surface area (Å²) >= 11 is 4.79. The Balaban J connectivity index is 2.51. The maximum Gasteiger partial charge on any atom is 0.248 e. The van der Waals surface area contributed by atoms with Gasteiger partial charge >= 0.3 is 0 Å². The van der Waals surface area contributed by atoms with E-state index in [-0.39, 0.29) is 16.0 Å². The van der Waals surface area contributed by atoms with Crippen molar-refractivity contribution in [1.82, 2.24) is 5.43 Å². The Morgan fingerprint density at radius 3 is 2.90 bits per heavy atom. The lowest BCUT2D eigenvalue weighted by Gasteiger charge is -2.09. The van der Waals surface area contributed by atoms with Gasteiger partial charge in [-0.2, -0.15) is 0 Å². The second kappa shape index (κ2) is 3.41. The van der Waals surface area contributed by atoms with Gasteiger partial charge in [-0.15, -0.1) is 11.8 Å². The Bertz CT molecular complexity index is 173. The van der Waals surface area contributed by atoms with Crippen molar-refractivity contribution in [1.29, 1.82) is 0 Å². The van der Waals surface area contributed by atoms with E-state index in [1.807, 2.05) is 11.5 Å². The van der Waals surface area contributed by atoms with Crippen molar-refractivity contribution in [2.24, 2.45) is 5.84 Å². The zero-order valence-electron chi connectivity index (χ0n) is 5.08. The molecule has 3 nitrogen and oxygen atoms in total. The highest BCUT2D eigenvalue weighted by atomic mass is 79.9. The molecule has 0 aromatic carbocycles. The predicted molar refractivity (Wildman–Crippen MR) is 45.6 cm³/mol. The highest BCUT2D eigenvalue weighted by molar-refractivity contribution is 9.09. The molecule has 0 aromatic heterocycles. The number of carbonyl (C=O) groups is 1. The van der Waals surface area contributed by atoms with Crippen molar-refractivity contribution in [3.8, 4) is 0 Å². The molecule has 10 heavy (non-hydrogen) atoms. The Kier molecular flexibility index (Phi) is 2.76. The molecular formula is C5H7BrN2OS. The van der Waals surface area contributed by atoms with Crippen LogP contribution in [0.25, 0.3) is 0 Å². The number of allylic oxidation sites excluding steroid dienone is 1. The molecule has 0 radical (unpaired) electrons. The zero-order chi connectivity index (χ0) is 7.56. The van der Waals surface area contributed by atoms with Crippen molar-refractivity contribution >= 4 is 33.6 Å². The summed E-state index contributed by atoms with van der Waals surface area (Å²) in [5.74, 6) is 4.81. The first-order chi connectivity index (χ1) is 4.75. The fourth-order valence-corrected chi connectivity index (χ4v) is 2.50. The van der Waals surface area contributed by atoms with Crippen LogP contribution in [0.15, 0.2) is 11.5 Å². The van der Waals surface area contributed by atoms with Gasteiger partial charge in [-0.05, 0) is 5.41 Å². The summed E-state index contributed by atoms with van der Waals surface area (Å²) in [7, 11) is 0. The Labute approximate surface area is 71.5 Å². The molecule has 2 atom stereocenters. The molecule has 3 N–H and O–H groups in total. The molecule has 0 saturated carbocycles. The van der Waals surface area contributed by atoms with Crippen molar-refractivity contribution in [3.63, 3.8) is 0 Å². The molecule has 5 heteroatoms. The number of hydrogen-bond acceptors (Lipinski definition) is 3. The molecule has 1 heterocycles. The maximum atomic E-state index is 10.9. The lowest BCUT2D eigenvalue weighted by molar-refractivity contribution is -0.120. The average Bonchev–Trinajstić information content (AvgIpc) is 2.34. The van der Waals surface area contributed by atoms with Gasteiger partial charge in [0, 0.05) is 0 Å². The van der Waals surface area contributed by atoms with Gasteiger partial charge in [-0.3, -0.25) is 10.2 Å². The maximum absolute atomic E-state index is 10.9. The van der Waals surface area contributed by atoms with E-state index in [2.05, 4.69) is 21.4 Å². The molecule has 0 aliphatic carbocycles. The van der Waals surface area contributed by atoms with Crippen LogP contribution in [-0.4, -0.2) is 16.0 Å². The predicted octanol–water partition coefficient (Wildman–Crippen LogP) is 0.369. The van der Waals surface area contributed by atoms with Gasteiger partial charge in [0.25, 0.3) is 0 Å². The molecule has 2 unspecified atom stereocenters. The molecule has 1 rings (SSSR count). The largest absolute Gasteiger partial charge is 0.293 e. The lowest BCUT2D eigenvalue weighted by Crippen LogP contribution is -2.39. The second-order valence-corrected chi connectivity index (χ2v) is 3.95. The molecule has 56 valence electrons. The molecule has 0 bridgehead atoms. The fourth-order valence-electron chi connectivity index (χ4n) is 0.670. The van der Waals surface area contributed by atoms with Crippen molar-refractivity contribution < 1.29 is 4.79 Å². The number of hydrazine groups is 1. The number of alkyl halides is 1. The highest BCUT2D eigenvalue weighted by Gasteiger charge is 2.27. The van der Waals surface area contributed by atoms with Crippen LogP contribution in [0, 0.1) is 0 Å². The first-order valence-corrected chi connectivity index (χ1v) is 4.58. The van der Waals surface area contributed by atoms with E-state index >= 15 is 0 Å². The van der Waals surface area contributed by atoms with Crippen LogP contribution in [0.1, 0.15) is 0 Å². The Morgan fingerprint density at radius 1 is 1.80 bits per heavy atom. The summed E-state index contributed by atoms with van der Waals surface area (Å²) in [6.07, 6.45) is 1.92. The third-order valence-corrected chi connectivity index (χ3v) is 3.48. The molecule has 1 aliphatic heterocycles. The lowest BCUT2D eigenvalue weighted by atomic mass is 10.3. The van der Waals surface area contributed by atoms with E-state index in [1.54, 1.807) is 0 Å². The second-order valence-electron chi connectivity index (χ2n) is 1.84. The van der Waals surface area contributed by atoms with Crippen LogP contribution in [0.4, 0.5) is 0 Å². The Hall–Kier alpha value is -0.000000000000000111. The van der Waals surface area contributed by atoms with Gasteiger partial charge in [0.1, 0.15) is 5.25 Å².